The van der Waals surface area contributed by atoms with E-state index >= 15 is 0 Å². The lowest BCUT2D eigenvalue weighted by atomic mass is 10.2. The van der Waals surface area contributed by atoms with Gasteiger partial charge in [0.1, 0.15) is 0 Å². The van der Waals surface area contributed by atoms with E-state index in [4.69, 9.17) is 5.26 Å². The van der Waals surface area contributed by atoms with Crippen molar-refractivity contribution in [1.82, 2.24) is 9.80 Å². The number of rotatable bonds is 5. The normalized spacial score (nSPS) is 15.8. The van der Waals surface area contributed by atoms with Gasteiger partial charge in [0.15, 0.2) is 0 Å². The molecule has 1 heterocycles. The summed E-state index contributed by atoms with van der Waals surface area (Å²) >= 11 is 0. The summed E-state index contributed by atoms with van der Waals surface area (Å²) in [6.07, 6.45) is 1.06. The fraction of sp³-hybridized carbons (Fsp3) is 0.333. The number of nitrogens with one attached hydrogen (secondary N) is 1. The van der Waals surface area contributed by atoms with E-state index in [1.165, 1.54) is 5.56 Å². The molecule has 0 bridgehead atoms. The van der Waals surface area contributed by atoms with Gasteiger partial charge in [-0.05, 0) is 43.3 Å². The molecule has 134 valence electrons. The van der Waals surface area contributed by atoms with Crippen molar-refractivity contribution >= 4 is 11.6 Å². The standard InChI is InChI=1S/C21H24N4O/c22-15-19-8-4-9-20(14-19)23-21(26)17-25-11-5-10-24(12-13-25)16-18-6-2-1-3-7-18/h1-4,6-9,14H,5,10-13,16-17H2,(H,23,26). The number of carbonyl (C=O) groups excluding carboxylic acids is 1. The van der Waals surface area contributed by atoms with Gasteiger partial charge >= 0.3 is 0 Å². The van der Waals surface area contributed by atoms with Crippen LogP contribution in [0.3, 0.4) is 0 Å². The van der Waals surface area contributed by atoms with Crippen molar-refractivity contribution in [3.8, 4) is 6.07 Å². The molecule has 0 atom stereocenters. The largest absolute Gasteiger partial charge is 0.325 e. The summed E-state index contributed by atoms with van der Waals surface area (Å²) in [4.78, 5) is 17.0. The molecule has 1 fully saturated rings. The molecule has 2 aromatic carbocycles. The van der Waals surface area contributed by atoms with Gasteiger partial charge < -0.3 is 5.32 Å². The van der Waals surface area contributed by atoms with Crippen LogP contribution in [0.4, 0.5) is 5.69 Å². The molecule has 3 rings (SSSR count). The van der Waals surface area contributed by atoms with Gasteiger partial charge in [0, 0.05) is 25.3 Å². The topological polar surface area (TPSA) is 59.4 Å². The highest BCUT2D eigenvalue weighted by Crippen LogP contribution is 2.11. The minimum Gasteiger partial charge on any atom is -0.325 e. The van der Waals surface area contributed by atoms with Gasteiger partial charge in [-0.2, -0.15) is 5.26 Å². The summed E-state index contributed by atoms with van der Waals surface area (Å²) in [6, 6.07) is 19.6. The average Bonchev–Trinajstić information content (AvgIpc) is 2.88. The number of hydrogen-bond acceptors (Lipinski definition) is 4. The van der Waals surface area contributed by atoms with Gasteiger partial charge in [0.2, 0.25) is 5.91 Å². The maximum absolute atomic E-state index is 12.3. The molecular weight excluding hydrogens is 324 g/mol. The number of benzene rings is 2. The lowest BCUT2D eigenvalue weighted by Gasteiger charge is -2.21. The molecule has 2 aromatic rings. The smallest absolute Gasteiger partial charge is 0.238 e. The molecule has 0 unspecified atom stereocenters. The van der Waals surface area contributed by atoms with E-state index < -0.39 is 0 Å². The van der Waals surface area contributed by atoms with Crippen molar-refractivity contribution < 1.29 is 4.79 Å². The van der Waals surface area contributed by atoms with E-state index in [1.807, 2.05) is 12.1 Å². The monoisotopic (exact) mass is 348 g/mol. The molecule has 0 spiro atoms. The fourth-order valence-electron chi connectivity index (χ4n) is 3.25. The second kappa shape index (κ2) is 9.14. The van der Waals surface area contributed by atoms with Crippen LogP contribution in [0.25, 0.3) is 0 Å². The Morgan fingerprint density at radius 2 is 1.77 bits per heavy atom. The minimum absolute atomic E-state index is 0.0309. The SMILES string of the molecule is N#Cc1cccc(NC(=O)CN2CCCN(Cc3ccccc3)CC2)c1. The number of amides is 1. The van der Waals surface area contributed by atoms with E-state index in [2.05, 4.69) is 45.5 Å². The molecule has 0 saturated carbocycles. The summed E-state index contributed by atoms with van der Waals surface area (Å²) in [7, 11) is 0. The quantitative estimate of drug-likeness (QED) is 0.903. The van der Waals surface area contributed by atoms with Crippen molar-refractivity contribution in [3.05, 3.63) is 65.7 Å². The first kappa shape index (κ1) is 18.1. The molecular formula is C21H24N4O. The molecule has 0 aliphatic carbocycles. The van der Waals surface area contributed by atoms with E-state index in [0.29, 0.717) is 17.8 Å². The molecule has 5 nitrogen and oxygen atoms in total. The number of anilines is 1. The van der Waals surface area contributed by atoms with Gasteiger partial charge in [0.25, 0.3) is 0 Å². The van der Waals surface area contributed by atoms with Crippen molar-refractivity contribution in [2.75, 3.05) is 38.0 Å². The zero-order valence-corrected chi connectivity index (χ0v) is 14.9. The van der Waals surface area contributed by atoms with Crippen molar-refractivity contribution in [2.24, 2.45) is 0 Å². The summed E-state index contributed by atoms with van der Waals surface area (Å²) in [5.74, 6) is -0.0309. The van der Waals surface area contributed by atoms with Crippen LogP contribution >= 0.6 is 0 Å². The maximum Gasteiger partial charge on any atom is 0.238 e. The van der Waals surface area contributed by atoms with E-state index in [9.17, 15) is 4.79 Å². The molecule has 1 N–H and O–H groups in total. The molecule has 1 amide bonds. The number of carbonyl (C=O) groups is 1. The van der Waals surface area contributed by atoms with Crippen LogP contribution in [0.5, 0.6) is 0 Å². The van der Waals surface area contributed by atoms with Crippen molar-refractivity contribution in [1.29, 1.82) is 5.26 Å². The Morgan fingerprint density at radius 3 is 2.58 bits per heavy atom. The average molecular weight is 348 g/mol. The Hall–Kier alpha value is -2.68. The first-order chi connectivity index (χ1) is 12.7. The molecule has 0 radical (unpaired) electrons. The Balaban J connectivity index is 1.48. The Labute approximate surface area is 154 Å². The van der Waals surface area contributed by atoms with Crippen LogP contribution in [-0.2, 0) is 11.3 Å². The lowest BCUT2D eigenvalue weighted by Crippen LogP contribution is -2.36. The first-order valence-corrected chi connectivity index (χ1v) is 9.01. The van der Waals surface area contributed by atoms with Crippen LogP contribution in [0.1, 0.15) is 17.5 Å². The molecule has 26 heavy (non-hydrogen) atoms. The zero-order chi connectivity index (χ0) is 18.2. The van der Waals surface area contributed by atoms with Gasteiger partial charge in [-0.15, -0.1) is 0 Å². The molecule has 1 saturated heterocycles. The van der Waals surface area contributed by atoms with E-state index in [1.54, 1.807) is 18.2 Å². The Bertz CT molecular complexity index is 769. The summed E-state index contributed by atoms with van der Waals surface area (Å²) in [5.41, 5.74) is 2.56. The van der Waals surface area contributed by atoms with Gasteiger partial charge in [-0.25, -0.2) is 0 Å². The second-order valence-corrected chi connectivity index (χ2v) is 6.63. The summed E-state index contributed by atoms with van der Waals surface area (Å²) in [6.45, 7) is 5.18. The third-order valence-corrected chi connectivity index (χ3v) is 4.57. The molecule has 0 aromatic heterocycles. The number of nitriles is 1. The Morgan fingerprint density at radius 1 is 1.00 bits per heavy atom. The maximum atomic E-state index is 12.3. The van der Waals surface area contributed by atoms with Crippen molar-refractivity contribution in [2.45, 2.75) is 13.0 Å². The van der Waals surface area contributed by atoms with E-state index in [0.717, 1.165) is 39.1 Å². The highest BCUT2D eigenvalue weighted by molar-refractivity contribution is 5.92. The molecule has 1 aliphatic heterocycles. The second-order valence-electron chi connectivity index (χ2n) is 6.63. The number of nitrogens with zero attached hydrogens (tertiary/aromatic N) is 3. The van der Waals surface area contributed by atoms with Crippen LogP contribution in [0, 0.1) is 11.3 Å². The first-order valence-electron chi connectivity index (χ1n) is 9.01. The highest BCUT2D eigenvalue weighted by atomic mass is 16.2. The summed E-state index contributed by atoms with van der Waals surface area (Å²) in [5, 5.41) is 11.8. The van der Waals surface area contributed by atoms with Gasteiger partial charge in [0.05, 0.1) is 18.2 Å². The van der Waals surface area contributed by atoms with Gasteiger partial charge in [-0.3, -0.25) is 14.6 Å². The van der Waals surface area contributed by atoms with Gasteiger partial charge in [-0.1, -0.05) is 36.4 Å². The van der Waals surface area contributed by atoms with E-state index in [-0.39, 0.29) is 5.91 Å². The van der Waals surface area contributed by atoms with Crippen LogP contribution in [0.2, 0.25) is 0 Å². The van der Waals surface area contributed by atoms with Crippen LogP contribution in [0.15, 0.2) is 54.6 Å². The summed E-state index contributed by atoms with van der Waals surface area (Å²) < 4.78 is 0. The van der Waals surface area contributed by atoms with Crippen LogP contribution < -0.4 is 5.32 Å². The third kappa shape index (κ3) is 5.41. The number of hydrogen-bond donors (Lipinski definition) is 1. The predicted molar refractivity (Wildman–Crippen MR) is 103 cm³/mol. The molecule has 1 aliphatic rings. The van der Waals surface area contributed by atoms with Crippen molar-refractivity contribution in [3.63, 3.8) is 0 Å². The fourth-order valence-corrected chi connectivity index (χ4v) is 3.25. The van der Waals surface area contributed by atoms with Crippen LogP contribution in [-0.4, -0.2) is 48.4 Å². The third-order valence-electron chi connectivity index (χ3n) is 4.57. The minimum atomic E-state index is -0.0309. The lowest BCUT2D eigenvalue weighted by molar-refractivity contribution is -0.117. The highest BCUT2D eigenvalue weighted by Gasteiger charge is 2.17. The zero-order valence-electron chi connectivity index (χ0n) is 14.9. The molecule has 5 heteroatoms. The Kier molecular flexibility index (Phi) is 6.37. The predicted octanol–water partition coefficient (Wildman–Crippen LogP) is 2.70.